The van der Waals surface area contributed by atoms with Crippen molar-refractivity contribution >= 4 is 27.6 Å². The molecule has 1 fully saturated rings. The standard InChI is InChI=1S/C12H14BrNO2/c13-8-5-6-11(14)10(7-8)12(15)16-9-3-1-2-4-9/h5-7,9H,1-4,14H2. The summed E-state index contributed by atoms with van der Waals surface area (Å²) in [7, 11) is 0. The topological polar surface area (TPSA) is 52.3 Å². The van der Waals surface area contributed by atoms with Gasteiger partial charge in [0.1, 0.15) is 6.10 Å². The fourth-order valence-corrected chi connectivity index (χ4v) is 2.29. The van der Waals surface area contributed by atoms with Crippen LogP contribution >= 0.6 is 15.9 Å². The minimum Gasteiger partial charge on any atom is -0.459 e. The van der Waals surface area contributed by atoms with Gasteiger partial charge in [0.15, 0.2) is 0 Å². The number of nitrogens with two attached hydrogens (primary N) is 1. The monoisotopic (exact) mass is 283 g/mol. The number of carbonyl (C=O) groups excluding carboxylic acids is 1. The Bertz CT molecular complexity index is 400. The quantitative estimate of drug-likeness (QED) is 0.670. The molecule has 1 aliphatic carbocycles. The Morgan fingerprint density at radius 1 is 1.38 bits per heavy atom. The van der Waals surface area contributed by atoms with Gasteiger partial charge < -0.3 is 10.5 Å². The lowest BCUT2D eigenvalue weighted by molar-refractivity contribution is 0.0319. The van der Waals surface area contributed by atoms with Crippen LogP contribution in [0.5, 0.6) is 0 Å². The van der Waals surface area contributed by atoms with Crippen LogP contribution in [0.2, 0.25) is 0 Å². The molecule has 0 atom stereocenters. The number of benzene rings is 1. The second kappa shape index (κ2) is 4.87. The highest BCUT2D eigenvalue weighted by Crippen LogP contribution is 2.24. The normalized spacial score (nSPS) is 16.3. The molecule has 0 heterocycles. The summed E-state index contributed by atoms with van der Waals surface area (Å²) in [6.07, 6.45) is 4.31. The molecule has 1 aromatic rings. The molecule has 0 unspecified atom stereocenters. The molecule has 0 spiro atoms. The molecule has 2 N–H and O–H groups in total. The molecule has 0 amide bonds. The number of hydrogen-bond acceptors (Lipinski definition) is 3. The van der Waals surface area contributed by atoms with Crippen molar-refractivity contribution in [2.45, 2.75) is 31.8 Å². The van der Waals surface area contributed by atoms with E-state index < -0.39 is 0 Å². The summed E-state index contributed by atoms with van der Waals surface area (Å²) in [5.41, 5.74) is 6.65. The molecule has 0 aliphatic heterocycles. The summed E-state index contributed by atoms with van der Waals surface area (Å²) in [6.45, 7) is 0. The maximum absolute atomic E-state index is 11.9. The molecule has 1 saturated carbocycles. The summed E-state index contributed by atoms with van der Waals surface area (Å²) in [6, 6.07) is 5.21. The summed E-state index contributed by atoms with van der Waals surface area (Å²) >= 11 is 3.31. The van der Waals surface area contributed by atoms with Gasteiger partial charge in [-0.15, -0.1) is 0 Å². The van der Waals surface area contributed by atoms with Gasteiger partial charge >= 0.3 is 5.97 Å². The molecule has 1 aromatic carbocycles. The summed E-state index contributed by atoms with van der Waals surface area (Å²) in [5.74, 6) is -0.314. The number of halogens is 1. The SMILES string of the molecule is Nc1ccc(Br)cc1C(=O)OC1CCCC1. The Kier molecular flexibility index (Phi) is 3.49. The summed E-state index contributed by atoms with van der Waals surface area (Å²) < 4.78 is 6.23. The molecule has 4 heteroatoms. The first-order valence-corrected chi connectivity index (χ1v) is 6.22. The Hall–Kier alpha value is -1.03. The molecule has 3 nitrogen and oxygen atoms in total. The van der Waals surface area contributed by atoms with Gasteiger partial charge in [0.25, 0.3) is 0 Å². The van der Waals surface area contributed by atoms with Crippen molar-refractivity contribution in [3.05, 3.63) is 28.2 Å². The first kappa shape index (κ1) is 11.5. The van der Waals surface area contributed by atoms with E-state index in [2.05, 4.69) is 15.9 Å². The average Bonchev–Trinajstić information content (AvgIpc) is 2.74. The van der Waals surface area contributed by atoms with E-state index in [1.165, 1.54) is 0 Å². The van der Waals surface area contributed by atoms with Crippen LogP contribution in [0.1, 0.15) is 36.0 Å². The van der Waals surface area contributed by atoms with Crippen LogP contribution in [0.3, 0.4) is 0 Å². The molecular formula is C12H14BrNO2. The Morgan fingerprint density at radius 2 is 2.06 bits per heavy atom. The molecular weight excluding hydrogens is 270 g/mol. The minimum atomic E-state index is -0.314. The number of anilines is 1. The zero-order valence-electron chi connectivity index (χ0n) is 8.91. The number of hydrogen-bond donors (Lipinski definition) is 1. The van der Waals surface area contributed by atoms with Gasteiger partial charge in [0, 0.05) is 10.2 Å². The van der Waals surface area contributed by atoms with Crippen molar-refractivity contribution in [2.75, 3.05) is 5.73 Å². The fraction of sp³-hybridized carbons (Fsp3) is 0.417. The zero-order valence-corrected chi connectivity index (χ0v) is 10.5. The van der Waals surface area contributed by atoms with Crippen molar-refractivity contribution in [3.63, 3.8) is 0 Å². The van der Waals surface area contributed by atoms with Crippen molar-refractivity contribution in [1.29, 1.82) is 0 Å². The third-order valence-electron chi connectivity index (χ3n) is 2.81. The van der Waals surface area contributed by atoms with Crippen LogP contribution in [0.15, 0.2) is 22.7 Å². The van der Waals surface area contributed by atoms with Gasteiger partial charge in [0.05, 0.1) is 5.56 Å². The lowest BCUT2D eigenvalue weighted by Gasteiger charge is -2.12. The van der Waals surface area contributed by atoms with Gasteiger partial charge in [-0.2, -0.15) is 0 Å². The highest BCUT2D eigenvalue weighted by molar-refractivity contribution is 9.10. The van der Waals surface area contributed by atoms with Crippen LogP contribution in [-0.4, -0.2) is 12.1 Å². The van der Waals surface area contributed by atoms with E-state index in [9.17, 15) is 4.79 Å². The average molecular weight is 284 g/mol. The van der Waals surface area contributed by atoms with E-state index in [0.29, 0.717) is 11.3 Å². The van der Waals surface area contributed by atoms with E-state index in [4.69, 9.17) is 10.5 Å². The largest absolute Gasteiger partial charge is 0.459 e. The van der Waals surface area contributed by atoms with Crippen molar-refractivity contribution in [2.24, 2.45) is 0 Å². The number of esters is 1. The summed E-state index contributed by atoms with van der Waals surface area (Å²) in [5, 5.41) is 0. The maximum Gasteiger partial charge on any atom is 0.340 e. The smallest absolute Gasteiger partial charge is 0.340 e. The second-order valence-corrected chi connectivity index (χ2v) is 4.96. The first-order chi connectivity index (χ1) is 7.66. The molecule has 0 saturated heterocycles. The van der Waals surface area contributed by atoms with Gasteiger partial charge in [-0.05, 0) is 43.9 Å². The predicted molar refractivity (Wildman–Crippen MR) is 66.2 cm³/mol. The van der Waals surface area contributed by atoms with Crippen LogP contribution in [0.25, 0.3) is 0 Å². The van der Waals surface area contributed by atoms with Crippen LogP contribution in [0, 0.1) is 0 Å². The molecule has 1 aliphatic rings. The van der Waals surface area contributed by atoms with Gasteiger partial charge in [-0.1, -0.05) is 15.9 Å². The van der Waals surface area contributed by atoms with E-state index in [-0.39, 0.29) is 12.1 Å². The highest BCUT2D eigenvalue weighted by atomic mass is 79.9. The second-order valence-electron chi connectivity index (χ2n) is 4.04. The fourth-order valence-electron chi connectivity index (χ4n) is 1.93. The Labute approximate surface area is 103 Å². The first-order valence-electron chi connectivity index (χ1n) is 5.43. The van der Waals surface area contributed by atoms with E-state index >= 15 is 0 Å². The van der Waals surface area contributed by atoms with Crippen molar-refractivity contribution < 1.29 is 9.53 Å². The van der Waals surface area contributed by atoms with Crippen molar-refractivity contribution in [3.8, 4) is 0 Å². The molecule has 0 radical (unpaired) electrons. The van der Waals surface area contributed by atoms with Crippen LogP contribution in [-0.2, 0) is 4.74 Å². The predicted octanol–water partition coefficient (Wildman–Crippen LogP) is 3.13. The molecule has 0 aromatic heterocycles. The van der Waals surface area contributed by atoms with Gasteiger partial charge in [-0.25, -0.2) is 4.79 Å². The van der Waals surface area contributed by atoms with Crippen molar-refractivity contribution in [1.82, 2.24) is 0 Å². The van der Waals surface area contributed by atoms with Gasteiger partial charge in [0.2, 0.25) is 0 Å². The van der Waals surface area contributed by atoms with E-state index in [1.54, 1.807) is 12.1 Å². The Balaban J connectivity index is 2.10. The maximum atomic E-state index is 11.9. The third kappa shape index (κ3) is 2.55. The minimum absolute atomic E-state index is 0.0749. The van der Waals surface area contributed by atoms with E-state index in [1.807, 2.05) is 6.07 Å². The molecule has 16 heavy (non-hydrogen) atoms. The van der Waals surface area contributed by atoms with Crippen LogP contribution < -0.4 is 5.73 Å². The number of nitrogen functional groups attached to an aromatic ring is 1. The molecule has 2 rings (SSSR count). The van der Waals surface area contributed by atoms with Crippen LogP contribution in [0.4, 0.5) is 5.69 Å². The lowest BCUT2D eigenvalue weighted by atomic mass is 10.2. The number of carbonyl (C=O) groups is 1. The molecule has 0 bridgehead atoms. The Morgan fingerprint density at radius 3 is 2.75 bits per heavy atom. The lowest BCUT2D eigenvalue weighted by Crippen LogP contribution is -2.16. The van der Waals surface area contributed by atoms with E-state index in [0.717, 1.165) is 30.2 Å². The number of ether oxygens (including phenoxy) is 1. The molecule has 86 valence electrons. The number of rotatable bonds is 2. The summed E-state index contributed by atoms with van der Waals surface area (Å²) in [4.78, 5) is 11.9. The zero-order chi connectivity index (χ0) is 11.5. The highest BCUT2D eigenvalue weighted by Gasteiger charge is 2.21. The third-order valence-corrected chi connectivity index (χ3v) is 3.30. The van der Waals surface area contributed by atoms with Gasteiger partial charge in [-0.3, -0.25) is 0 Å².